The number of halogens is 9. The van der Waals surface area contributed by atoms with Gasteiger partial charge in [-0.25, -0.2) is 0 Å². The van der Waals surface area contributed by atoms with Crippen LogP contribution in [0.15, 0.2) is 42.5 Å². The first kappa shape index (κ1) is 25.9. The molecule has 1 saturated heterocycles. The largest absolute Gasteiger partial charge is 0.481 e. The average molecular weight is 499 g/mol. The highest BCUT2D eigenvalue weighted by Gasteiger charge is 2.40. The van der Waals surface area contributed by atoms with Crippen molar-refractivity contribution in [2.45, 2.75) is 44.0 Å². The maximum Gasteiger partial charge on any atom is 0.416 e. The summed E-state index contributed by atoms with van der Waals surface area (Å²) in [6, 6.07) is 4.17. The van der Waals surface area contributed by atoms with Crippen molar-refractivity contribution >= 4 is 5.97 Å². The summed E-state index contributed by atoms with van der Waals surface area (Å²) in [6.45, 7) is -0.647. The van der Waals surface area contributed by atoms with E-state index in [9.17, 15) is 44.3 Å². The molecule has 186 valence electrons. The van der Waals surface area contributed by atoms with Gasteiger partial charge in [-0.3, -0.25) is 9.69 Å². The van der Waals surface area contributed by atoms with E-state index in [1.165, 1.54) is 4.90 Å². The third-order valence-corrected chi connectivity index (χ3v) is 5.69. The molecule has 34 heavy (non-hydrogen) atoms. The number of likely N-dealkylation sites (tertiary alicyclic amines) is 1. The number of carbonyl (C=O) groups is 1. The van der Waals surface area contributed by atoms with Crippen molar-refractivity contribution in [3.63, 3.8) is 0 Å². The van der Waals surface area contributed by atoms with Gasteiger partial charge in [-0.1, -0.05) is 12.1 Å². The summed E-state index contributed by atoms with van der Waals surface area (Å²) in [5.41, 5.74) is -3.85. The Morgan fingerprint density at radius 1 is 0.853 bits per heavy atom. The van der Waals surface area contributed by atoms with Crippen LogP contribution in [0.1, 0.15) is 46.7 Å². The fourth-order valence-corrected chi connectivity index (χ4v) is 4.21. The van der Waals surface area contributed by atoms with Gasteiger partial charge in [0.25, 0.3) is 0 Å². The highest BCUT2D eigenvalue weighted by Crippen LogP contribution is 2.42. The summed E-state index contributed by atoms with van der Waals surface area (Å²) in [7, 11) is 0. The second-order valence-electron chi connectivity index (χ2n) is 8.13. The number of carboxylic acid groups (broad SMARTS) is 1. The number of nitrogens with zero attached hydrogens (tertiary/aromatic N) is 1. The Morgan fingerprint density at radius 3 is 1.91 bits per heavy atom. The third kappa shape index (κ3) is 6.02. The van der Waals surface area contributed by atoms with Crippen LogP contribution in [0.25, 0.3) is 0 Å². The van der Waals surface area contributed by atoms with Crippen LogP contribution in [0.3, 0.4) is 0 Å². The maximum atomic E-state index is 13.5. The zero-order chi connectivity index (χ0) is 25.5. The van der Waals surface area contributed by atoms with Gasteiger partial charge in [-0.05, 0) is 53.8 Å². The number of carboxylic acids is 1. The van der Waals surface area contributed by atoms with E-state index in [0.29, 0.717) is 23.8 Å². The average Bonchev–Trinajstić information content (AvgIpc) is 3.07. The number of hydrogen-bond acceptors (Lipinski definition) is 2. The Labute approximate surface area is 187 Å². The van der Waals surface area contributed by atoms with Crippen molar-refractivity contribution in [3.05, 3.63) is 70.3 Å². The highest BCUT2D eigenvalue weighted by atomic mass is 19.4. The van der Waals surface area contributed by atoms with E-state index in [2.05, 4.69) is 0 Å². The first-order valence-corrected chi connectivity index (χ1v) is 9.96. The van der Waals surface area contributed by atoms with E-state index in [-0.39, 0.29) is 19.4 Å². The van der Waals surface area contributed by atoms with Crippen molar-refractivity contribution in [1.29, 1.82) is 0 Å². The van der Waals surface area contributed by atoms with Crippen molar-refractivity contribution in [2.24, 2.45) is 5.92 Å². The first-order chi connectivity index (χ1) is 15.6. The molecule has 1 aliphatic rings. The van der Waals surface area contributed by atoms with Gasteiger partial charge < -0.3 is 5.11 Å². The van der Waals surface area contributed by atoms with Crippen molar-refractivity contribution in [2.75, 3.05) is 6.54 Å². The standard InChI is InChI=1S/C22H18F9NO2/c23-20(24,25)15-3-1-13(2-4-15)18-7-12(8-19(33)34)10-32(18)11-14-9-16(21(26,27)28)5-6-17(14)22(29,30)31/h1-6,9,12,18H,7-8,10-11H2,(H,33,34). The fraction of sp³-hybridized carbons (Fsp3) is 0.409. The second kappa shape index (κ2) is 9.12. The molecule has 3 nitrogen and oxygen atoms in total. The molecule has 0 bridgehead atoms. The van der Waals surface area contributed by atoms with Gasteiger partial charge in [0.15, 0.2) is 0 Å². The number of rotatable bonds is 5. The molecule has 2 atom stereocenters. The van der Waals surface area contributed by atoms with Gasteiger partial charge in [-0.2, -0.15) is 39.5 Å². The molecule has 3 rings (SSSR count). The van der Waals surface area contributed by atoms with E-state index in [0.717, 1.165) is 24.3 Å². The Kier molecular flexibility index (Phi) is 6.94. The lowest BCUT2D eigenvalue weighted by Gasteiger charge is -2.27. The second-order valence-corrected chi connectivity index (χ2v) is 8.13. The smallest absolute Gasteiger partial charge is 0.416 e. The summed E-state index contributed by atoms with van der Waals surface area (Å²) in [4.78, 5) is 12.5. The fourth-order valence-electron chi connectivity index (χ4n) is 4.21. The van der Waals surface area contributed by atoms with Crippen LogP contribution in [0.4, 0.5) is 39.5 Å². The summed E-state index contributed by atoms with van der Waals surface area (Å²) < 4.78 is 119. The molecule has 0 aliphatic carbocycles. The Morgan fingerprint density at radius 2 is 1.41 bits per heavy atom. The Hall–Kier alpha value is -2.76. The lowest BCUT2D eigenvalue weighted by molar-refractivity contribution is -0.142. The van der Waals surface area contributed by atoms with E-state index < -0.39 is 65.3 Å². The van der Waals surface area contributed by atoms with Gasteiger partial charge in [0, 0.05) is 25.6 Å². The molecule has 2 aromatic rings. The maximum absolute atomic E-state index is 13.5. The van der Waals surface area contributed by atoms with Crippen LogP contribution in [-0.2, 0) is 29.9 Å². The summed E-state index contributed by atoms with van der Waals surface area (Å²) in [6.07, 6.45) is -14.7. The van der Waals surface area contributed by atoms with Crippen LogP contribution in [0, 0.1) is 5.92 Å². The zero-order valence-electron chi connectivity index (χ0n) is 17.2. The minimum atomic E-state index is -4.94. The van der Waals surface area contributed by atoms with Crippen LogP contribution >= 0.6 is 0 Å². The van der Waals surface area contributed by atoms with Crippen molar-refractivity contribution in [3.8, 4) is 0 Å². The molecule has 0 saturated carbocycles. The van der Waals surface area contributed by atoms with Crippen LogP contribution in [0.5, 0.6) is 0 Å². The first-order valence-electron chi connectivity index (χ1n) is 9.96. The molecule has 1 N–H and O–H groups in total. The molecule has 0 spiro atoms. The van der Waals surface area contributed by atoms with Gasteiger partial charge >= 0.3 is 24.5 Å². The van der Waals surface area contributed by atoms with E-state index >= 15 is 0 Å². The lowest BCUT2D eigenvalue weighted by Crippen LogP contribution is -2.26. The predicted molar refractivity (Wildman–Crippen MR) is 101 cm³/mol. The highest BCUT2D eigenvalue weighted by molar-refractivity contribution is 5.67. The zero-order valence-corrected chi connectivity index (χ0v) is 17.2. The number of hydrogen-bond donors (Lipinski definition) is 1. The molecule has 0 aromatic heterocycles. The molecule has 1 heterocycles. The monoisotopic (exact) mass is 499 g/mol. The Balaban J connectivity index is 1.99. The molecule has 2 unspecified atom stereocenters. The van der Waals surface area contributed by atoms with E-state index in [1.54, 1.807) is 0 Å². The topological polar surface area (TPSA) is 40.5 Å². The third-order valence-electron chi connectivity index (χ3n) is 5.69. The molecule has 0 amide bonds. The molecule has 2 aromatic carbocycles. The van der Waals surface area contributed by atoms with Crippen LogP contribution in [-0.4, -0.2) is 22.5 Å². The van der Waals surface area contributed by atoms with Crippen LogP contribution < -0.4 is 0 Å². The molecule has 1 fully saturated rings. The molecule has 0 radical (unpaired) electrons. The minimum Gasteiger partial charge on any atom is -0.481 e. The van der Waals surface area contributed by atoms with E-state index in [1.807, 2.05) is 0 Å². The molecular weight excluding hydrogens is 481 g/mol. The SMILES string of the molecule is O=C(O)CC1CC(c2ccc(C(F)(F)F)cc2)N(Cc2cc(C(F)(F)F)ccc2C(F)(F)F)C1. The molecule has 12 heteroatoms. The van der Waals surface area contributed by atoms with E-state index in [4.69, 9.17) is 5.11 Å². The van der Waals surface area contributed by atoms with Gasteiger partial charge in [0.1, 0.15) is 0 Å². The van der Waals surface area contributed by atoms with Crippen LogP contribution in [0.2, 0.25) is 0 Å². The molecular formula is C22H18F9NO2. The normalized spacial score (nSPS) is 20.0. The van der Waals surface area contributed by atoms with Crippen molar-refractivity contribution < 1.29 is 49.4 Å². The van der Waals surface area contributed by atoms with Crippen molar-refractivity contribution in [1.82, 2.24) is 4.90 Å². The van der Waals surface area contributed by atoms with Gasteiger partial charge in [-0.15, -0.1) is 0 Å². The number of alkyl halides is 9. The van der Waals surface area contributed by atoms with Gasteiger partial charge in [0.2, 0.25) is 0 Å². The summed E-state index contributed by atoms with van der Waals surface area (Å²) >= 11 is 0. The molecule has 1 aliphatic heterocycles. The Bertz CT molecular complexity index is 1030. The minimum absolute atomic E-state index is 0.0501. The number of benzene rings is 2. The summed E-state index contributed by atoms with van der Waals surface area (Å²) in [5.74, 6) is -1.72. The predicted octanol–water partition coefficient (Wildman–Crippen LogP) is 6.78. The number of aliphatic carboxylic acids is 1. The lowest BCUT2D eigenvalue weighted by atomic mass is 9.96. The summed E-state index contributed by atoms with van der Waals surface area (Å²) in [5, 5.41) is 9.09. The quantitative estimate of drug-likeness (QED) is 0.461. The van der Waals surface area contributed by atoms with Gasteiger partial charge in [0.05, 0.1) is 16.7 Å².